The van der Waals surface area contributed by atoms with Crippen molar-refractivity contribution in [2.45, 2.75) is 32.2 Å². The predicted molar refractivity (Wildman–Crippen MR) is 124 cm³/mol. The van der Waals surface area contributed by atoms with Crippen molar-refractivity contribution >= 4 is 5.91 Å². The second-order valence-corrected chi connectivity index (χ2v) is 8.33. The molecule has 1 aromatic heterocycles. The second-order valence-electron chi connectivity index (χ2n) is 8.33. The zero-order valence-corrected chi connectivity index (χ0v) is 18.3. The fraction of sp³-hybridized carbons (Fsp3) is 0.222. The van der Waals surface area contributed by atoms with Crippen molar-refractivity contribution in [2.75, 3.05) is 7.05 Å². The Hall–Kier alpha value is -3.73. The predicted octanol–water partition coefficient (Wildman–Crippen LogP) is 5.86. The minimum Gasteiger partial charge on any atom is -0.416 e. The lowest BCUT2D eigenvalue weighted by Gasteiger charge is -2.33. The Balaban J connectivity index is 1.35. The van der Waals surface area contributed by atoms with Crippen LogP contribution in [0.4, 0.5) is 0 Å². The number of hydrogen-bond donors (Lipinski definition) is 0. The van der Waals surface area contributed by atoms with Gasteiger partial charge in [-0.05, 0) is 73.2 Å². The van der Waals surface area contributed by atoms with Gasteiger partial charge in [0.05, 0.1) is 6.04 Å². The number of aromatic nitrogens is 2. The normalized spacial score (nSPS) is 15.2. The maximum absolute atomic E-state index is 13.2. The Morgan fingerprint density at radius 2 is 1.66 bits per heavy atom. The van der Waals surface area contributed by atoms with E-state index in [9.17, 15) is 4.79 Å². The highest BCUT2D eigenvalue weighted by atomic mass is 16.4. The third kappa shape index (κ3) is 3.71. The van der Waals surface area contributed by atoms with Crippen molar-refractivity contribution in [3.63, 3.8) is 0 Å². The summed E-state index contributed by atoms with van der Waals surface area (Å²) in [7, 11) is 1.90. The smallest absolute Gasteiger partial charge is 0.254 e. The SMILES string of the molecule is Cc1ccccc1-c1nnc(-c2ccc(C(=O)N(C)[C@H]3CCCc4ccccc43)cc2)o1. The fourth-order valence-electron chi connectivity index (χ4n) is 4.49. The van der Waals surface area contributed by atoms with Gasteiger partial charge in [0.2, 0.25) is 11.8 Å². The van der Waals surface area contributed by atoms with Crippen LogP contribution in [0.25, 0.3) is 22.9 Å². The van der Waals surface area contributed by atoms with Gasteiger partial charge >= 0.3 is 0 Å². The van der Waals surface area contributed by atoms with E-state index in [1.807, 2.05) is 67.4 Å². The van der Waals surface area contributed by atoms with Crippen molar-refractivity contribution in [3.05, 3.63) is 95.1 Å². The molecule has 160 valence electrons. The maximum atomic E-state index is 13.2. The molecule has 5 nitrogen and oxygen atoms in total. The Morgan fingerprint density at radius 1 is 0.938 bits per heavy atom. The van der Waals surface area contributed by atoms with Gasteiger partial charge in [0.15, 0.2) is 0 Å². The van der Waals surface area contributed by atoms with Crippen molar-refractivity contribution in [1.82, 2.24) is 15.1 Å². The number of fused-ring (bicyclic) bond motifs is 1. The molecule has 0 radical (unpaired) electrons. The van der Waals surface area contributed by atoms with Crippen LogP contribution >= 0.6 is 0 Å². The summed E-state index contributed by atoms with van der Waals surface area (Å²) < 4.78 is 5.90. The van der Waals surface area contributed by atoms with Gasteiger partial charge < -0.3 is 9.32 Å². The molecule has 4 aromatic rings. The molecule has 1 aliphatic rings. The second kappa shape index (κ2) is 8.42. The summed E-state index contributed by atoms with van der Waals surface area (Å²) in [5.74, 6) is 0.954. The van der Waals surface area contributed by atoms with Crippen molar-refractivity contribution < 1.29 is 9.21 Å². The molecule has 0 saturated carbocycles. The van der Waals surface area contributed by atoms with Crippen LogP contribution < -0.4 is 0 Å². The Kier molecular flexibility index (Phi) is 5.31. The molecule has 5 heteroatoms. The number of amides is 1. The maximum Gasteiger partial charge on any atom is 0.254 e. The molecule has 1 heterocycles. The first-order valence-corrected chi connectivity index (χ1v) is 11.0. The molecular weight excluding hydrogens is 398 g/mol. The monoisotopic (exact) mass is 423 g/mol. The first kappa shape index (κ1) is 20.2. The molecule has 32 heavy (non-hydrogen) atoms. The number of carbonyl (C=O) groups excluding carboxylic acids is 1. The topological polar surface area (TPSA) is 59.2 Å². The van der Waals surface area contributed by atoms with Gasteiger partial charge in [-0.15, -0.1) is 10.2 Å². The summed E-state index contributed by atoms with van der Waals surface area (Å²) in [4.78, 5) is 15.1. The molecule has 3 aromatic carbocycles. The molecule has 0 fully saturated rings. The Morgan fingerprint density at radius 3 is 2.47 bits per heavy atom. The van der Waals surface area contributed by atoms with Crippen LogP contribution in [0.1, 0.15) is 45.9 Å². The lowest BCUT2D eigenvalue weighted by atomic mass is 9.87. The van der Waals surface area contributed by atoms with Gasteiger partial charge in [0.1, 0.15) is 0 Å². The zero-order chi connectivity index (χ0) is 22.1. The first-order chi connectivity index (χ1) is 15.6. The average molecular weight is 424 g/mol. The van der Waals surface area contributed by atoms with Crippen molar-refractivity contribution in [2.24, 2.45) is 0 Å². The third-order valence-electron chi connectivity index (χ3n) is 6.30. The largest absolute Gasteiger partial charge is 0.416 e. The fourth-order valence-corrected chi connectivity index (χ4v) is 4.49. The number of hydrogen-bond acceptors (Lipinski definition) is 4. The summed E-state index contributed by atoms with van der Waals surface area (Å²) in [5.41, 5.74) is 6.06. The van der Waals surface area contributed by atoms with E-state index >= 15 is 0 Å². The molecule has 1 amide bonds. The lowest BCUT2D eigenvalue weighted by Crippen LogP contribution is -2.33. The standard InChI is InChI=1S/C27H25N3O2/c1-18-8-3-5-11-22(18)26-29-28-25(32-26)20-14-16-21(17-15-20)27(31)30(2)24-13-7-10-19-9-4-6-12-23(19)24/h3-6,8-9,11-12,14-17,24H,7,10,13H2,1-2H3/t24-/m0/s1. The van der Waals surface area contributed by atoms with E-state index < -0.39 is 0 Å². The minimum absolute atomic E-state index is 0.0179. The molecular formula is C27H25N3O2. The van der Waals surface area contributed by atoms with Crippen LogP contribution in [-0.2, 0) is 6.42 Å². The molecule has 1 aliphatic carbocycles. The van der Waals surface area contributed by atoms with Gasteiger partial charge in [-0.3, -0.25) is 4.79 Å². The molecule has 0 unspecified atom stereocenters. The Bertz CT molecular complexity index is 1260. The van der Waals surface area contributed by atoms with Crippen LogP contribution in [0, 0.1) is 6.92 Å². The van der Waals surface area contributed by atoms with E-state index in [1.165, 1.54) is 11.1 Å². The van der Waals surface area contributed by atoms with Gasteiger partial charge in [-0.1, -0.05) is 42.5 Å². The van der Waals surface area contributed by atoms with Gasteiger partial charge in [-0.2, -0.15) is 0 Å². The van der Waals surface area contributed by atoms with Crippen LogP contribution in [0.5, 0.6) is 0 Å². The molecule has 0 saturated heterocycles. The first-order valence-electron chi connectivity index (χ1n) is 11.0. The van der Waals surface area contributed by atoms with E-state index in [0.29, 0.717) is 17.3 Å². The number of rotatable bonds is 4. The molecule has 5 rings (SSSR count). The molecule has 0 spiro atoms. The highest BCUT2D eigenvalue weighted by Crippen LogP contribution is 2.34. The van der Waals surface area contributed by atoms with Crippen LogP contribution in [-0.4, -0.2) is 28.1 Å². The van der Waals surface area contributed by atoms with Crippen molar-refractivity contribution in [3.8, 4) is 22.9 Å². The molecule has 0 N–H and O–H groups in total. The lowest BCUT2D eigenvalue weighted by molar-refractivity contribution is 0.0715. The van der Waals surface area contributed by atoms with Crippen LogP contribution in [0.2, 0.25) is 0 Å². The highest BCUT2D eigenvalue weighted by molar-refractivity contribution is 5.94. The summed E-state index contributed by atoms with van der Waals surface area (Å²) in [6, 6.07) is 23.9. The molecule has 0 aliphatic heterocycles. The minimum atomic E-state index is 0.0179. The number of benzene rings is 3. The summed E-state index contributed by atoms with van der Waals surface area (Å²) >= 11 is 0. The van der Waals surface area contributed by atoms with Gasteiger partial charge in [-0.25, -0.2) is 0 Å². The average Bonchev–Trinajstić information content (AvgIpc) is 3.33. The highest BCUT2D eigenvalue weighted by Gasteiger charge is 2.27. The third-order valence-corrected chi connectivity index (χ3v) is 6.30. The Labute approximate surface area is 187 Å². The number of carbonyl (C=O) groups is 1. The zero-order valence-electron chi connectivity index (χ0n) is 18.3. The van der Waals surface area contributed by atoms with Crippen LogP contribution in [0.3, 0.4) is 0 Å². The van der Waals surface area contributed by atoms with E-state index in [2.05, 4.69) is 34.5 Å². The summed E-state index contributed by atoms with van der Waals surface area (Å²) in [5, 5.41) is 8.40. The van der Waals surface area contributed by atoms with E-state index in [4.69, 9.17) is 4.42 Å². The quantitative estimate of drug-likeness (QED) is 0.412. The number of aryl methyl sites for hydroxylation is 2. The van der Waals surface area contributed by atoms with Gasteiger partial charge in [0, 0.05) is 23.7 Å². The molecule has 0 bridgehead atoms. The number of nitrogens with zero attached hydrogens (tertiary/aromatic N) is 3. The van der Waals surface area contributed by atoms with E-state index in [1.54, 1.807) is 0 Å². The van der Waals surface area contributed by atoms with E-state index in [0.717, 1.165) is 36.0 Å². The van der Waals surface area contributed by atoms with Gasteiger partial charge in [0.25, 0.3) is 5.91 Å². The molecule has 1 atom stereocenters. The van der Waals surface area contributed by atoms with E-state index in [-0.39, 0.29) is 11.9 Å². The summed E-state index contributed by atoms with van der Waals surface area (Å²) in [6.07, 6.45) is 3.16. The van der Waals surface area contributed by atoms with Crippen LogP contribution in [0.15, 0.2) is 77.2 Å². The summed E-state index contributed by atoms with van der Waals surface area (Å²) in [6.45, 7) is 2.01. The van der Waals surface area contributed by atoms with Crippen molar-refractivity contribution in [1.29, 1.82) is 0 Å².